The van der Waals surface area contributed by atoms with Crippen LogP contribution in [-0.2, 0) is 35.1 Å². The third-order valence-corrected chi connectivity index (χ3v) is 7.85. The van der Waals surface area contributed by atoms with Crippen LogP contribution in [0.25, 0.3) is 0 Å². The molecule has 2 unspecified atom stereocenters. The van der Waals surface area contributed by atoms with Gasteiger partial charge in [0.05, 0.1) is 17.7 Å². The van der Waals surface area contributed by atoms with Gasteiger partial charge < -0.3 is 20.3 Å². The molecule has 2 aliphatic carbocycles. The van der Waals surface area contributed by atoms with E-state index in [-0.39, 0.29) is 24.7 Å². The van der Waals surface area contributed by atoms with Gasteiger partial charge in [-0.15, -0.1) is 0 Å². The SMILES string of the molecule is CC1(C)C2CCC1(CS(=O)(=O)OC(=O)[C@@H](N)Cc1cccnc1)C(=O)C2.CNCC(=O)O. The molecule has 4 N–H and O–H groups in total. The summed E-state index contributed by atoms with van der Waals surface area (Å²) in [6, 6.07) is 2.33. The number of fused-ring (bicyclic) bond motifs is 2. The van der Waals surface area contributed by atoms with Crippen LogP contribution < -0.4 is 11.1 Å². The summed E-state index contributed by atoms with van der Waals surface area (Å²) in [4.78, 5) is 38.1. The summed E-state index contributed by atoms with van der Waals surface area (Å²) in [5.74, 6) is -2.15. The lowest BCUT2D eigenvalue weighted by Gasteiger charge is -2.35. The molecule has 32 heavy (non-hydrogen) atoms. The lowest BCUT2D eigenvalue weighted by atomic mass is 9.70. The fraction of sp³-hybridized carbons (Fsp3) is 0.619. The molecule has 3 rings (SSSR count). The van der Waals surface area contributed by atoms with Crippen LogP contribution in [0.4, 0.5) is 0 Å². The number of hydrogen-bond acceptors (Lipinski definition) is 9. The number of pyridine rings is 1. The summed E-state index contributed by atoms with van der Waals surface area (Å²) < 4.78 is 29.8. The van der Waals surface area contributed by atoms with E-state index >= 15 is 0 Å². The predicted octanol–water partition coefficient (Wildman–Crippen LogP) is 0.510. The van der Waals surface area contributed by atoms with E-state index in [2.05, 4.69) is 10.3 Å². The summed E-state index contributed by atoms with van der Waals surface area (Å²) in [5, 5.41) is 10.3. The number of nitrogens with zero attached hydrogens (tertiary/aromatic N) is 1. The number of nitrogens with two attached hydrogens (primary N) is 1. The van der Waals surface area contributed by atoms with Crippen LogP contribution in [0, 0.1) is 16.7 Å². The molecule has 178 valence electrons. The molecule has 2 fully saturated rings. The minimum atomic E-state index is -4.22. The lowest BCUT2D eigenvalue weighted by molar-refractivity contribution is -0.136. The van der Waals surface area contributed by atoms with Crippen LogP contribution in [0.15, 0.2) is 24.5 Å². The number of carbonyl (C=O) groups excluding carboxylic acids is 2. The fourth-order valence-corrected chi connectivity index (χ4v) is 6.35. The molecule has 1 aromatic heterocycles. The Bertz CT molecular complexity index is 949. The summed E-state index contributed by atoms with van der Waals surface area (Å²) in [6.45, 7) is 3.90. The second-order valence-corrected chi connectivity index (χ2v) is 10.4. The van der Waals surface area contributed by atoms with Crippen molar-refractivity contribution in [3.63, 3.8) is 0 Å². The summed E-state index contributed by atoms with van der Waals surface area (Å²) in [5.41, 5.74) is 5.11. The van der Waals surface area contributed by atoms with Crippen molar-refractivity contribution < 1.29 is 32.1 Å². The largest absolute Gasteiger partial charge is 0.480 e. The van der Waals surface area contributed by atoms with E-state index in [4.69, 9.17) is 15.0 Å². The Hall–Kier alpha value is -2.37. The van der Waals surface area contributed by atoms with E-state index < -0.39 is 44.7 Å². The molecule has 3 atom stereocenters. The molecule has 0 aromatic carbocycles. The average Bonchev–Trinajstić information content (AvgIpc) is 3.02. The van der Waals surface area contributed by atoms with E-state index in [0.29, 0.717) is 18.4 Å². The van der Waals surface area contributed by atoms with Crippen molar-refractivity contribution in [3.8, 4) is 0 Å². The van der Waals surface area contributed by atoms with Gasteiger partial charge in [-0.3, -0.25) is 14.6 Å². The third kappa shape index (κ3) is 5.70. The van der Waals surface area contributed by atoms with Gasteiger partial charge >= 0.3 is 22.1 Å². The minimum absolute atomic E-state index is 0.0417. The van der Waals surface area contributed by atoms with E-state index in [0.717, 1.165) is 6.42 Å². The zero-order valence-electron chi connectivity index (χ0n) is 18.5. The van der Waals surface area contributed by atoms with Crippen LogP contribution >= 0.6 is 0 Å². The normalized spacial score (nSPS) is 24.4. The zero-order valence-corrected chi connectivity index (χ0v) is 19.4. The molecule has 0 saturated heterocycles. The van der Waals surface area contributed by atoms with Crippen molar-refractivity contribution in [1.82, 2.24) is 10.3 Å². The molecular weight excluding hydrogens is 438 g/mol. The number of carboxylic acid groups (broad SMARTS) is 1. The second kappa shape index (κ2) is 10.1. The molecule has 11 heteroatoms. The molecule has 10 nitrogen and oxygen atoms in total. The first kappa shape index (κ1) is 25.9. The van der Waals surface area contributed by atoms with E-state index in [1.165, 1.54) is 0 Å². The van der Waals surface area contributed by atoms with Crippen LogP contribution in [-0.4, -0.2) is 61.6 Å². The highest BCUT2D eigenvalue weighted by Crippen LogP contribution is 2.64. The van der Waals surface area contributed by atoms with E-state index in [1.807, 2.05) is 13.8 Å². The van der Waals surface area contributed by atoms with Crippen LogP contribution in [0.1, 0.15) is 38.7 Å². The van der Waals surface area contributed by atoms with E-state index in [9.17, 15) is 22.8 Å². The van der Waals surface area contributed by atoms with Crippen molar-refractivity contribution in [2.45, 2.75) is 45.6 Å². The fourth-order valence-electron chi connectivity index (χ4n) is 4.63. The highest BCUT2D eigenvalue weighted by Gasteiger charge is 2.65. The van der Waals surface area contributed by atoms with Crippen LogP contribution in [0.5, 0.6) is 0 Å². The molecule has 0 amide bonds. The zero-order chi connectivity index (χ0) is 24.2. The first-order chi connectivity index (χ1) is 14.8. The van der Waals surface area contributed by atoms with Crippen LogP contribution in [0.3, 0.4) is 0 Å². The number of Topliss-reactive ketones (excluding diaryl/α,β-unsaturated/α-hetero) is 1. The molecule has 2 saturated carbocycles. The van der Waals surface area contributed by atoms with Gasteiger partial charge in [0.2, 0.25) is 0 Å². The van der Waals surface area contributed by atoms with Crippen molar-refractivity contribution in [2.24, 2.45) is 22.5 Å². The average molecular weight is 470 g/mol. The molecule has 2 aliphatic rings. The number of hydrogen-bond donors (Lipinski definition) is 3. The minimum Gasteiger partial charge on any atom is -0.480 e. The number of carboxylic acids is 1. The van der Waals surface area contributed by atoms with Gasteiger partial charge in [-0.2, -0.15) is 8.42 Å². The number of likely N-dealkylation sites (N-methyl/N-ethyl adjacent to an activating group) is 1. The van der Waals surface area contributed by atoms with Gasteiger partial charge in [0.1, 0.15) is 11.8 Å². The molecule has 0 aliphatic heterocycles. The lowest BCUT2D eigenvalue weighted by Crippen LogP contribution is -2.44. The standard InChI is InChI=1S/C18H24N2O5S.C3H7NO2/c1-17(2)13-5-6-18(17,15(21)9-13)11-26(23,24)25-16(22)14(19)8-12-4-3-7-20-10-12;1-4-2-3(5)6/h3-4,7,10,13-14H,5-6,8-9,11,19H2,1-2H3;4H,2H2,1H3,(H,5,6)/t13?,14-,18?;/m0./s1. The van der Waals surface area contributed by atoms with Crippen molar-refractivity contribution >= 4 is 27.8 Å². The number of carbonyl (C=O) groups is 3. The van der Waals surface area contributed by atoms with Crippen molar-refractivity contribution in [3.05, 3.63) is 30.1 Å². The number of aliphatic carboxylic acids is 1. The Morgan fingerprint density at radius 3 is 2.53 bits per heavy atom. The highest BCUT2D eigenvalue weighted by atomic mass is 32.2. The van der Waals surface area contributed by atoms with E-state index in [1.54, 1.807) is 31.6 Å². The number of rotatable bonds is 8. The molecule has 2 bridgehead atoms. The van der Waals surface area contributed by atoms with Crippen molar-refractivity contribution in [1.29, 1.82) is 0 Å². The summed E-state index contributed by atoms with van der Waals surface area (Å²) >= 11 is 0. The Morgan fingerprint density at radius 2 is 2.09 bits per heavy atom. The smallest absolute Gasteiger partial charge is 0.339 e. The molecule has 0 spiro atoms. The maximum atomic E-state index is 12.5. The summed E-state index contributed by atoms with van der Waals surface area (Å²) in [7, 11) is -2.62. The monoisotopic (exact) mass is 469 g/mol. The van der Waals surface area contributed by atoms with Gasteiger partial charge in [-0.1, -0.05) is 19.9 Å². The third-order valence-electron chi connectivity index (χ3n) is 6.58. The maximum Gasteiger partial charge on any atom is 0.339 e. The highest BCUT2D eigenvalue weighted by molar-refractivity contribution is 7.87. The van der Waals surface area contributed by atoms with Gasteiger partial charge in [0, 0.05) is 18.8 Å². The Balaban J connectivity index is 0.000000534. The van der Waals surface area contributed by atoms with Gasteiger partial charge in [-0.25, -0.2) is 4.79 Å². The Morgan fingerprint density at radius 1 is 1.41 bits per heavy atom. The van der Waals surface area contributed by atoms with Gasteiger partial charge in [0.25, 0.3) is 0 Å². The number of nitrogens with one attached hydrogen (secondary N) is 1. The van der Waals surface area contributed by atoms with Gasteiger partial charge in [-0.05, 0) is 49.3 Å². The molecule has 1 heterocycles. The maximum absolute atomic E-state index is 12.5. The first-order valence-electron chi connectivity index (χ1n) is 10.3. The van der Waals surface area contributed by atoms with Crippen molar-refractivity contribution in [2.75, 3.05) is 19.3 Å². The Kier molecular flexibility index (Phi) is 8.13. The molecular formula is C21H31N3O7S. The quantitative estimate of drug-likeness (QED) is 0.457. The number of ketones is 1. The molecule has 0 radical (unpaired) electrons. The van der Waals surface area contributed by atoms with Gasteiger partial charge in [0.15, 0.2) is 0 Å². The van der Waals surface area contributed by atoms with Crippen LogP contribution in [0.2, 0.25) is 0 Å². The predicted molar refractivity (Wildman–Crippen MR) is 116 cm³/mol. The Labute approximate surface area is 188 Å². The summed E-state index contributed by atoms with van der Waals surface area (Å²) in [6.07, 6.45) is 5.01. The second-order valence-electron chi connectivity index (χ2n) is 8.87. The topological polar surface area (TPSA) is 166 Å². The molecule has 1 aromatic rings. The first-order valence-corrected chi connectivity index (χ1v) is 11.9. The number of aromatic nitrogens is 1.